The van der Waals surface area contributed by atoms with E-state index in [1.807, 2.05) is 6.07 Å². The molecular weight excluding hydrogens is 296 g/mol. The fraction of sp³-hybridized carbons (Fsp3) is 0.429. The molecule has 2 rings (SSSR count). The van der Waals surface area contributed by atoms with E-state index in [4.69, 9.17) is 16.4 Å². The van der Waals surface area contributed by atoms with Gasteiger partial charge in [-0.05, 0) is 30.5 Å². The van der Waals surface area contributed by atoms with Crippen molar-refractivity contribution in [3.8, 4) is 0 Å². The van der Waals surface area contributed by atoms with Gasteiger partial charge in [0.2, 0.25) is 0 Å². The zero-order chi connectivity index (χ0) is 15.6. The molecule has 0 unspecified atom stereocenters. The largest absolute Gasteiger partial charge is 0.465 e. The van der Waals surface area contributed by atoms with E-state index in [-0.39, 0.29) is 11.9 Å². The summed E-state index contributed by atoms with van der Waals surface area (Å²) in [7, 11) is 2.83. The lowest BCUT2D eigenvalue weighted by atomic mass is 10.1. The van der Waals surface area contributed by atoms with Crippen LogP contribution in [0.2, 0.25) is 5.02 Å². The average molecular weight is 313 g/mol. The lowest BCUT2D eigenvalue weighted by molar-refractivity contribution is -0.173. The molecule has 21 heavy (non-hydrogen) atoms. The van der Waals surface area contributed by atoms with Gasteiger partial charge in [0, 0.05) is 12.1 Å². The Morgan fingerprint density at radius 1 is 1.43 bits per heavy atom. The molecule has 6 nitrogen and oxygen atoms in total. The van der Waals surface area contributed by atoms with E-state index in [0.29, 0.717) is 17.9 Å². The number of halogens is 1. The molecule has 0 spiro atoms. The second-order valence-corrected chi connectivity index (χ2v) is 5.31. The van der Waals surface area contributed by atoms with Crippen LogP contribution in [0.5, 0.6) is 0 Å². The number of benzene rings is 1. The number of hydrogen-bond acceptors (Lipinski definition) is 3. The maximum absolute atomic E-state index is 12.2. The lowest BCUT2D eigenvalue weighted by Gasteiger charge is -2.29. The second kappa shape index (κ2) is 6.32. The van der Waals surface area contributed by atoms with E-state index in [0.717, 1.165) is 10.6 Å². The summed E-state index contributed by atoms with van der Waals surface area (Å²) in [6.45, 7) is 0. The number of nitrogens with zero attached hydrogens (tertiary/aromatic N) is 2. The minimum Gasteiger partial charge on any atom is -0.465 e. The van der Waals surface area contributed by atoms with Crippen LogP contribution in [-0.2, 0) is 9.63 Å². The first-order valence-electron chi connectivity index (χ1n) is 6.54. The standard InChI is InChI=1S/C14H17ClN2O4/c1-16(21-2)13(18)12-7-6-11(17(12)14(19)20)9-4-3-5-10(15)8-9/h3-5,8,11-12H,6-7H2,1-2H3,(H,19,20)/t11-,12+/m0/s1. The topological polar surface area (TPSA) is 70.1 Å². The van der Waals surface area contributed by atoms with Crippen LogP contribution in [0.1, 0.15) is 24.4 Å². The van der Waals surface area contributed by atoms with Crippen LogP contribution < -0.4 is 0 Å². The van der Waals surface area contributed by atoms with Crippen LogP contribution in [0.15, 0.2) is 24.3 Å². The predicted octanol–water partition coefficient (Wildman–Crippen LogP) is 2.54. The van der Waals surface area contributed by atoms with E-state index >= 15 is 0 Å². The van der Waals surface area contributed by atoms with Crippen LogP contribution in [0.3, 0.4) is 0 Å². The Balaban J connectivity index is 2.29. The van der Waals surface area contributed by atoms with Crippen LogP contribution in [0, 0.1) is 0 Å². The maximum Gasteiger partial charge on any atom is 0.408 e. The first-order valence-corrected chi connectivity index (χ1v) is 6.92. The molecule has 0 aliphatic carbocycles. The lowest BCUT2D eigenvalue weighted by Crippen LogP contribution is -2.46. The number of carboxylic acid groups (broad SMARTS) is 1. The van der Waals surface area contributed by atoms with Gasteiger partial charge in [0.1, 0.15) is 6.04 Å². The van der Waals surface area contributed by atoms with Gasteiger partial charge in [0.15, 0.2) is 0 Å². The van der Waals surface area contributed by atoms with Crippen molar-refractivity contribution in [1.82, 2.24) is 9.96 Å². The molecule has 0 saturated carbocycles. The van der Waals surface area contributed by atoms with Crippen molar-refractivity contribution in [1.29, 1.82) is 0 Å². The number of hydroxylamine groups is 2. The monoisotopic (exact) mass is 312 g/mol. The highest BCUT2D eigenvalue weighted by Crippen LogP contribution is 2.37. The molecule has 0 radical (unpaired) electrons. The molecule has 1 saturated heterocycles. The molecule has 114 valence electrons. The van der Waals surface area contributed by atoms with Gasteiger partial charge in [0.25, 0.3) is 5.91 Å². The highest BCUT2D eigenvalue weighted by molar-refractivity contribution is 6.30. The van der Waals surface area contributed by atoms with Crippen molar-refractivity contribution in [2.24, 2.45) is 0 Å². The first kappa shape index (κ1) is 15.6. The summed E-state index contributed by atoms with van der Waals surface area (Å²) >= 11 is 5.96. The fourth-order valence-electron chi connectivity index (χ4n) is 2.66. The molecular formula is C14H17ClN2O4. The van der Waals surface area contributed by atoms with Gasteiger partial charge in [-0.25, -0.2) is 9.86 Å². The van der Waals surface area contributed by atoms with Crippen molar-refractivity contribution in [3.05, 3.63) is 34.9 Å². The Kier molecular flexibility index (Phi) is 4.69. The summed E-state index contributed by atoms with van der Waals surface area (Å²) in [6, 6.07) is 5.94. The summed E-state index contributed by atoms with van der Waals surface area (Å²) in [4.78, 5) is 29.8. The number of likely N-dealkylation sites (N-methyl/N-ethyl adjacent to an activating group) is 1. The van der Waals surface area contributed by atoms with Gasteiger partial charge in [0.05, 0.1) is 13.2 Å². The summed E-state index contributed by atoms with van der Waals surface area (Å²) in [6.07, 6.45) is -0.100. The molecule has 1 aliphatic heterocycles. The third-order valence-corrected chi connectivity index (χ3v) is 3.94. The molecule has 0 aromatic heterocycles. The highest BCUT2D eigenvalue weighted by atomic mass is 35.5. The third kappa shape index (κ3) is 3.11. The summed E-state index contributed by atoms with van der Waals surface area (Å²) in [5, 5.41) is 11.1. The normalized spacial score (nSPS) is 21.4. The Hall–Kier alpha value is -1.79. The first-order chi connectivity index (χ1) is 9.95. The average Bonchev–Trinajstić information content (AvgIpc) is 2.90. The van der Waals surface area contributed by atoms with Gasteiger partial charge in [-0.15, -0.1) is 0 Å². The van der Waals surface area contributed by atoms with Crippen molar-refractivity contribution in [2.45, 2.75) is 24.9 Å². The number of rotatable bonds is 3. The van der Waals surface area contributed by atoms with Gasteiger partial charge in [-0.1, -0.05) is 23.7 Å². The van der Waals surface area contributed by atoms with Crippen LogP contribution >= 0.6 is 11.6 Å². The van der Waals surface area contributed by atoms with E-state index in [9.17, 15) is 14.7 Å². The Labute approximate surface area is 127 Å². The number of carbonyl (C=O) groups is 2. The highest BCUT2D eigenvalue weighted by Gasteiger charge is 2.43. The number of hydrogen-bond donors (Lipinski definition) is 1. The van der Waals surface area contributed by atoms with Gasteiger partial charge < -0.3 is 5.11 Å². The van der Waals surface area contributed by atoms with Crippen molar-refractivity contribution in [3.63, 3.8) is 0 Å². The van der Waals surface area contributed by atoms with Crippen LogP contribution in [0.25, 0.3) is 0 Å². The maximum atomic E-state index is 12.2. The van der Waals surface area contributed by atoms with E-state index < -0.39 is 12.1 Å². The Bertz CT molecular complexity index is 552. The van der Waals surface area contributed by atoms with Gasteiger partial charge in [-0.3, -0.25) is 14.5 Å². The molecule has 2 amide bonds. The van der Waals surface area contributed by atoms with E-state index in [1.54, 1.807) is 18.2 Å². The molecule has 7 heteroatoms. The van der Waals surface area contributed by atoms with E-state index in [2.05, 4.69) is 0 Å². The molecule has 1 fully saturated rings. The molecule has 0 bridgehead atoms. The molecule has 1 aromatic carbocycles. The minimum absolute atomic E-state index is 0.371. The van der Waals surface area contributed by atoms with Crippen molar-refractivity contribution >= 4 is 23.6 Å². The zero-order valence-electron chi connectivity index (χ0n) is 11.8. The van der Waals surface area contributed by atoms with Crippen molar-refractivity contribution < 1.29 is 19.5 Å². The smallest absolute Gasteiger partial charge is 0.408 e. The van der Waals surface area contributed by atoms with Gasteiger partial charge in [-0.2, -0.15) is 0 Å². The fourth-order valence-corrected chi connectivity index (χ4v) is 2.86. The van der Waals surface area contributed by atoms with Crippen molar-refractivity contribution in [2.75, 3.05) is 14.2 Å². The number of likely N-dealkylation sites (tertiary alicyclic amines) is 1. The van der Waals surface area contributed by atoms with E-state index in [1.165, 1.54) is 19.1 Å². The number of amides is 2. The Morgan fingerprint density at radius 2 is 2.14 bits per heavy atom. The quantitative estimate of drug-likeness (QED) is 0.871. The molecule has 1 heterocycles. The summed E-state index contributed by atoms with van der Waals surface area (Å²) in [5.74, 6) is -0.371. The molecule has 1 aromatic rings. The minimum atomic E-state index is -1.12. The van der Waals surface area contributed by atoms with Crippen LogP contribution in [0.4, 0.5) is 4.79 Å². The predicted molar refractivity (Wildman–Crippen MR) is 76.9 cm³/mol. The number of carbonyl (C=O) groups excluding carboxylic acids is 1. The summed E-state index contributed by atoms with van der Waals surface area (Å²) < 4.78 is 0. The third-order valence-electron chi connectivity index (χ3n) is 3.71. The second-order valence-electron chi connectivity index (χ2n) is 4.87. The van der Waals surface area contributed by atoms with Gasteiger partial charge >= 0.3 is 6.09 Å². The summed E-state index contributed by atoms with van der Waals surface area (Å²) in [5.41, 5.74) is 0.792. The molecule has 1 N–H and O–H groups in total. The molecule has 2 atom stereocenters. The molecule has 1 aliphatic rings. The zero-order valence-corrected chi connectivity index (χ0v) is 12.6. The van der Waals surface area contributed by atoms with Crippen LogP contribution in [-0.4, -0.2) is 47.3 Å². The SMILES string of the molecule is CON(C)C(=O)[C@H]1CC[C@@H](c2cccc(Cl)c2)N1C(=O)O. The Morgan fingerprint density at radius 3 is 2.71 bits per heavy atom.